The molecule has 7 rings (SSSR count). The maximum absolute atomic E-state index is 14.5. The van der Waals surface area contributed by atoms with E-state index >= 15 is 0 Å². The molecule has 0 aromatic heterocycles. The molecule has 3 aliphatic rings. The third kappa shape index (κ3) is 4.29. The number of carbonyl (C=O) groups excluding carboxylic acids is 4. The molecule has 2 saturated heterocycles. The first-order valence-corrected chi connectivity index (χ1v) is 14.4. The van der Waals surface area contributed by atoms with Crippen LogP contribution in [0.5, 0.6) is 0 Å². The Balaban J connectivity index is 1.33. The molecule has 8 heteroatoms. The van der Waals surface area contributed by atoms with Gasteiger partial charge in [-0.1, -0.05) is 103 Å². The number of para-hydroxylation sites is 2. The van der Waals surface area contributed by atoms with Gasteiger partial charge in [0, 0.05) is 5.69 Å². The SMILES string of the molecule is COC(=O)c1ccccc1N1C(=O)[C@@H]2[C@H](C1=O)[C@H]1C=Cc3ccccc3N1[C@@H]2C(=O)OC(c1ccccc1)c1ccccc1. The summed E-state index contributed by atoms with van der Waals surface area (Å²) in [6.45, 7) is 0. The monoisotopic (exact) mass is 584 g/mol. The number of carbonyl (C=O) groups is 4. The molecule has 0 radical (unpaired) electrons. The van der Waals surface area contributed by atoms with Crippen molar-refractivity contribution in [1.29, 1.82) is 0 Å². The second kappa shape index (κ2) is 11.0. The van der Waals surface area contributed by atoms with Crippen molar-refractivity contribution in [3.63, 3.8) is 0 Å². The zero-order chi connectivity index (χ0) is 30.4. The number of methoxy groups -OCH3 is 1. The molecule has 218 valence electrons. The van der Waals surface area contributed by atoms with Crippen LogP contribution >= 0.6 is 0 Å². The average Bonchev–Trinajstić information content (AvgIpc) is 3.56. The molecule has 3 aliphatic heterocycles. The van der Waals surface area contributed by atoms with Gasteiger partial charge in [0.05, 0.1) is 36.2 Å². The first-order valence-electron chi connectivity index (χ1n) is 14.4. The van der Waals surface area contributed by atoms with E-state index in [2.05, 4.69) is 0 Å². The van der Waals surface area contributed by atoms with Crippen molar-refractivity contribution in [3.8, 4) is 0 Å². The van der Waals surface area contributed by atoms with Gasteiger partial charge in [-0.05, 0) is 34.9 Å². The zero-order valence-electron chi connectivity index (χ0n) is 23.8. The first kappa shape index (κ1) is 27.3. The van der Waals surface area contributed by atoms with Crippen LogP contribution in [0.25, 0.3) is 6.08 Å². The van der Waals surface area contributed by atoms with Gasteiger partial charge < -0.3 is 14.4 Å². The number of anilines is 2. The normalized spacial score (nSPS) is 21.6. The quantitative estimate of drug-likeness (QED) is 0.227. The highest BCUT2D eigenvalue weighted by atomic mass is 16.5. The topological polar surface area (TPSA) is 93.2 Å². The summed E-state index contributed by atoms with van der Waals surface area (Å²) in [6, 6.07) is 31.1. The van der Waals surface area contributed by atoms with Crippen LogP contribution in [0.3, 0.4) is 0 Å². The van der Waals surface area contributed by atoms with Crippen LogP contribution in [0.2, 0.25) is 0 Å². The van der Waals surface area contributed by atoms with Crippen molar-refractivity contribution in [2.45, 2.75) is 18.2 Å². The number of fused-ring (bicyclic) bond motifs is 5. The van der Waals surface area contributed by atoms with Gasteiger partial charge in [-0.15, -0.1) is 0 Å². The predicted molar refractivity (Wildman–Crippen MR) is 164 cm³/mol. The summed E-state index contributed by atoms with van der Waals surface area (Å²) in [5, 5.41) is 0. The Morgan fingerprint density at radius 2 is 1.27 bits per heavy atom. The van der Waals surface area contributed by atoms with Gasteiger partial charge in [0.25, 0.3) is 0 Å². The molecule has 0 saturated carbocycles. The Hall–Kier alpha value is -5.50. The molecule has 3 heterocycles. The molecule has 8 nitrogen and oxygen atoms in total. The minimum absolute atomic E-state index is 0.0883. The molecule has 4 atom stereocenters. The van der Waals surface area contributed by atoms with E-state index in [0.717, 1.165) is 27.3 Å². The van der Waals surface area contributed by atoms with Crippen molar-refractivity contribution in [1.82, 2.24) is 0 Å². The highest BCUT2D eigenvalue weighted by Crippen LogP contribution is 2.50. The number of ether oxygens (including phenoxy) is 2. The molecule has 2 amide bonds. The lowest BCUT2D eigenvalue weighted by molar-refractivity contribution is -0.151. The lowest BCUT2D eigenvalue weighted by Crippen LogP contribution is -2.49. The van der Waals surface area contributed by atoms with Gasteiger partial charge in [0.15, 0.2) is 6.10 Å². The standard InChI is InChI=1S/C36H28N2O6/c1-43-35(41)25-17-9-11-19-27(25)38-33(39)29-28-21-20-22-12-8-10-18-26(22)37(28)31(30(29)34(38)40)36(42)44-32(23-13-4-2-5-14-23)24-15-6-3-7-16-24/h2-21,28-32H,1H3/t28-,29-,30-,31+/m1/s1. The van der Waals surface area contributed by atoms with Crippen LogP contribution in [0.15, 0.2) is 115 Å². The van der Waals surface area contributed by atoms with Gasteiger partial charge in [0.1, 0.15) is 6.04 Å². The molecule has 0 N–H and O–H groups in total. The highest BCUT2D eigenvalue weighted by molar-refractivity contribution is 6.26. The van der Waals surface area contributed by atoms with Crippen LogP contribution in [-0.2, 0) is 23.9 Å². The summed E-state index contributed by atoms with van der Waals surface area (Å²) < 4.78 is 11.3. The number of rotatable bonds is 6. The van der Waals surface area contributed by atoms with Crippen molar-refractivity contribution < 1.29 is 28.7 Å². The highest BCUT2D eigenvalue weighted by Gasteiger charge is 2.65. The Bertz CT molecular complexity index is 1760. The first-order chi connectivity index (χ1) is 21.5. The fourth-order valence-electron chi connectivity index (χ4n) is 6.74. The summed E-state index contributed by atoms with van der Waals surface area (Å²) in [7, 11) is 1.24. The Morgan fingerprint density at radius 3 is 1.93 bits per heavy atom. The van der Waals surface area contributed by atoms with Crippen molar-refractivity contribution >= 4 is 41.2 Å². The summed E-state index contributed by atoms with van der Waals surface area (Å²) in [6.07, 6.45) is 3.06. The minimum atomic E-state index is -1.10. The fraction of sp³-hybridized carbons (Fsp3) is 0.167. The van der Waals surface area contributed by atoms with E-state index in [-0.39, 0.29) is 11.3 Å². The Morgan fingerprint density at radius 1 is 0.705 bits per heavy atom. The third-order valence-electron chi connectivity index (χ3n) is 8.65. The molecule has 4 aromatic rings. The second-order valence-corrected chi connectivity index (χ2v) is 11.0. The summed E-state index contributed by atoms with van der Waals surface area (Å²) in [5.41, 5.74) is 3.39. The number of amides is 2. The molecule has 0 spiro atoms. The number of benzene rings is 4. The largest absolute Gasteiger partial charge is 0.465 e. The van der Waals surface area contributed by atoms with Gasteiger partial charge in [0.2, 0.25) is 11.8 Å². The average molecular weight is 585 g/mol. The molecule has 0 bridgehead atoms. The molecule has 44 heavy (non-hydrogen) atoms. The summed E-state index contributed by atoms with van der Waals surface area (Å²) in [4.78, 5) is 58.6. The molecule has 4 aromatic carbocycles. The smallest absolute Gasteiger partial charge is 0.339 e. The number of esters is 2. The van der Waals surface area contributed by atoms with E-state index in [9.17, 15) is 19.2 Å². The van der Waals surface area contributed by atoms with E-state index in [4.69, 9.17) is 9.47 Å². The van der Waals surface area contributed by atoms with E-state index < -0.39 is 53.8 Å². The van der Waals surface area contributed by atoms with E-state index in [1.165, 1.54) is 13.2 Å². The van der Waals surface area contributed by atoms with Crippen molar-refractivity contribution in [2.24, 2.45) is 11.8 Å². The van der Waals surface area contributed by atoms with E-state index in [1.54, 1.807) is 18.2 Å². The Kier molecular flexibility index (Phi) is 6.81. The zero-order valence-corrected chi connectivity index (χ0v) is 23.8. The number of hydrogen-bond donors (Lipinski definition) is 0. The van der Waals surface area contributed by atoms with Crippen LogP contribution in [0.4, 0.5) is 11.4 Å². The van der Waals surface area contributed by atoms with E-state index in [0.29, 0.717) is 0 Å². The molecular formula is C36H28N2O6. The maximum atomic E-state index is 14.5. The van der Waals surface area contributed by atoms with Crippen molar-refractivity contribution in [2.75, 3.05) is 16.9 Å². The van der Waals surface area contributed by atoms with Gasteiger partial charge in [-0.2, -0.15) is 0 Å². The lowest BCUT2D eigenvalue weighted by Gasteiger charge is -2.36. The molecular weight excluding hydrogens is 556 g/mol. The molecule has 2 fully saturated rings. The van der Waals surface area contributed by atoms with Gasteiger partial charge in [-0.3, -0.25) is 9.59 Å². The van der Waals surface area contributed by atoms with Crippen LogP contribution < -0.4 is 9.80 Å². The number of hydrogen-bond acceptors (Lipinski definition) is 7. The predicted octanol–water partition coefficient (Wildman–Crippen LogP) is 5.20. The fourth-order valence-corrected chi connectivity index (χ4v) is 6.74. The summed E-state index contributed by atoms with van der Waals surface area (Å²) in [5.74, 6) is -4.25. The van der Waals surface area contributed by atoms with Crippen LogP contribution in [0.1, 0.15) is 33.2 Å². The molecule has 0 unspecified atom stereocenters. The lowest BCUT2D eigenvalue weighted by atomic mass is 9.88. The van der Waals surface area contributed by atoms with Crippen LogP contribution in [-0.4, -0.2) is 42.9 Å². The molecule has 0 aliphatic carbocycles. The van der Waals surface area contributed by atoms with Crippen molar-refractivity contribution in [3.05, 3.63) is 138 Å². The van der Waals surface area contributed by atoms with Gasteiger partial charge in [-0.25, -0.2) is 14.5 Å². The van der Waals surface area contributed by atoms with E-state index in [1.807, 2.05) is 102 Å². The van der Waals surface area contributed by atoms with Gasteiger partial charge >= 0.3 is 11.9 Å². The number of nitrogens with zero attached hydrogens (tertiary/aromatic N) is 2. The number of imide groups is 1. The van der Waals surface area contributed by atoms with Crippen LogP contribution in [0, 0.1) is 11.8 Å². The Labute approximate surface area is 254 Å². The maximum Gasteiger partial charge on any atom is 0.339 e. The minimum Gasteiger partial charge on any atom is -0.465 e. The third-order valence-corrected chi connectivity index (χ3v) is 8.65. The summed E-state index contributed by atoms with van der Waals surface area (Å²) >= 11 is 0. The second-order valence-electron chi connectivity index (χ2n) is 11.0.